The summed E-state index contributed by atoms with van der Waals surface area (Å²) in [6.45, 7) is 11.7. The van der Waals surface area contributed by atoms with Crippen molar-refractivity contribution < 1.29 is 9.59 Å². The molecule has 4 aromatic carbocycles. The molecule has 4 fully saturated rings. The van der Waals surface area contributed by atoms with Gasteiger partial charge >= 0.3 is 0 Å². The van der Waals surface area contributed by atoms with E-state index in [2.05, 4.69) is 105 Å². The van der Waals surface area contributed by atoms with Crippen molar-refractivity contribution in [2.24, 2.45) is 10.7 Å². The zero-order valence-corrected chi connectivity index (χ0v) is 47.6. The number of likely N-dealkylation sites (tertiary alicyclic amines) is 2. The number of nitrogens with two attached hydrogens (primary N) is 4. The number of thiocarbonyl (C=S) groups is 1. The average molecular weight is 1130 g/mol. The summed E-state index contributed by atoms with van der Waals surface area (Å²) in [6, 6.07) is 32.3. The van der Waals surface area contributed by atoms with Gasteiger partial charge in [-0.25, -0.2) is 4.98 Å². The molecule has 10 N–H and O–H groups in total. The van der Waals surface area contributed by atoms with Crippen LogP contribution in [0.5, 0.6) is 0 Å². The molecule has 4 aliphatic heterocycles. The minimum atomic E-state index is -0.168. The van der Waals surface area contributed by atoms with Gasteiger partial charge in [0.05, 0.1) is 5.33 Å². The molecule has 73 heavy (non-hydrogen) atoms. The summed E-state index contributed by atoms with van der Waals surface area (Å²) in [7, 11) is 0. The Hall–Kier alpha value is -4.81. The summed E-state index contributed by atoms with van der Waals surface area (Å²) in [4.78, 5) is 43.3. The molecule has 1 unspecified atom stereocenters. The molecule has 4 saturated heterocycles. The minimum Gasteiger partial charge on any atom is -0.399 e. The van der Waals surface area contributed by atoms with Crippen molar-refractivity contribution in [2.45, 2.75) is 83.2 Å². The summed E-state index contributed by atoms with van der Waals surface area (Å²) in [5, 5.41) is 8.28. The molecule has 0 spiro atoms. The second kappa shape index (κ2) is 29.3. The second-order valence-corrected chi connectivity index (χ2v) is 21.8. The summed E-state index contributed by atoms with van der Waals surface area (Å²) >= 11 is 11.1. The van der Waals surface area contributed by atoms with Gasteiger partial charge in [-0.3, -0.25) is 9.59 Å². The number of alkyl halides is 1. The molecule has 5 heterocycles. The monoisotopic (exact) mass is 1130 g/mol. The lowest BCUT2D eigenvalue weighted by molar-refractivity contribution is 0.102. The average Bonchev–Trinajstić information content (AvgIpc) is 3.78. The fourth-order valence-electron chi connectivity index (χ4n) is 9.76. The maximum atomic E-state index is 12.8. The highest BCUT2D eigenvalue weighted by Crippen LogP contribution is 2.32. The topological polar surface area (TPSA) is 200 Å². The van der Waals surface area contributed by atoms with Crippen LogP contribution >= 0.6 is 61.1 Å². The molecule has 14 nitrogen and oxygen atoms in total. The standard InChI is InChI=1S/C26H32N6OS.C20H31N5S2.C8H8BrNO.H3P/c27-19-6-4-5-18(17-19)23(33)24-25(28)30-26(34-24)29-20-7-9-21(10-8-20)32-15-11-22(12-16-32)31-13-2-1-3-14-31;1-2-27-19(21)23-20(26)22-16-6-8-17(9-7-16)25-14-10-18(11-15-25)24-12-4-3-5-13-24;9-5-8(11)6-2-1-3-7(10)4-6;/h4-10,17,22H,1-3,11-16,27-28H2,(H,29,30);6-9,18H,2-5,10-15H2,1H3,(H3,21,22,23,26);1-4H,5,10H2;1H3. The first kappa shape index (κ1) is 57.5. The lowest BCUT2D eigenvalue weighted by atomic mass is 9.99. The first-order chi connectivity index (χ1) is 35.0. The van der Waals surface area contributed by atoms with Gasteiger partial charge in [-0.1, -0.05) is 83.1 Å². The zero-order valence-electron chi connectivity index (χ0n) is 42.2. The fraction of sp³-hybridized carbons (Fsp3) is 0.426. The van der Waals surface area contributed by atoms with Gasteiger partial charge in [0, 0.05) is 83.5 Å². The number of nitrogens with zero attached hydrogens (tertiary/aromatic N) is 6. The number of aliphatic imine (C=N–C) groups is 1. The molecule has 0 amide bonds. The number of Topliss-reactive ketones (excluding diaryl/α,β-unsaturated/α-hetero) is 1. The van der Waals surface area contributed by atoms with Gasteiger partial charge in [-0.2, -0.15) is 14.9 Å². The number of amidine groups is 1. The number of benzene rings is 4. The molecule has 1 aromatic heterocycles. The molecule has 1 atom stereocenters. The van der Waals surface area contributed by atoms with Crippen molar-refractivity contribution in [1.29, 1.82) is 0 Å². The van der Waals surface area contributed by atoms with E-state index in [9.17, 15) is 9.59 Å². The number of hydrogen-bond donors (Lipinski definition) is 6. The molecular weight excluding hydrogens is 1060 g/mol. The van der Waals surface area contributed by atoms with Crippen LogP contribution in [0.25, 0.3) is 0 Å². The van der Waals surface area contributed by atoms with Crippen LogP contribution in [0.3, 0.4) is 0 Å². The van der Waals surface area contributed by atoms with Crippen molar-refractivity contribution in [2.75, 3.05) is 101 Å². The lowest BCUT2D eigenvalue weighted by Gasteiger charge is -2.41. The largest absolute Gasteiger partial charge is 0.399 e. The van der Waals surface area contributed by atoms with E-state index in [4.69, 9.17) is 35.2 Å². The van der Waals surface area contributed by atoms with E-state index in [0.29, 0.717) is 48.1 Å². The van der Waals surface area contributed by atoms with Crippen molar-refractivity contribution in [3.63, 3.8) is 0 Å². The van der Waals surface area contributed by atoms with Gasteiger partial charge in [-0.15, -0.1) is 0 Å². The zero-order chi connectivity index (χ0) is 50.8. The molecule has 0 bridgehead atoms. The van der Waals surface area contributed by atoms with Gasteiger partial charge in [0.25, 0.3) is 0 Å². The highest BCUT2D eigenvalue weighted by atomic mass is 79.9. The van der Waals surface area contributed by atoms with Crippen LogP contribution in [0.2, 0.25) is 0 Å². The number of hydrogen-bond acceptors (Lipinski definition) is 14. The van der Waals surface area contributed by atoms with Crippen molar-refractivity contribution in [3.8, 4) is 0 Å². The SMILES string of the molecule is CCSC(N)=NC(=S)Nc1ccc(N2CCC(N3CCCCC3)CC2)cc1.Nc1cccc(C(=O)CBr)c1.Nc1cccc(C(=O)c2sc(Nc3ccc(N4CCC(N5CCCCC5)CC4)cc3)nc2N)c1.P. The Morgan fingerprint density at radius 3 is 1.67 bits per heavy atom. The smallest absolute Gasteiger partial charge is 0.206 e. The number of ketones is 2. The van der Waals surface area contributed by atoms with Crippen LogP contribution in [0.1, 0.15) is 96.7 Å². The molecule has 4 aliphatic rings. The Kier molecular flexibility index (Phi) is 23.1. The van der Waals surface area contributed by atoms with E-state index in [-0.39, 0.29) is 27.3 Å². The highest BCUT2D eigenvalue weighted by Gasteiger charge is 2.27. The van der Waals surface area contributed by atoms with Gasteiger partial charge in [0.15, 0.2) is 21.2 Å². The number of piperidine rings is 4. The maximum Gasteiger partial charge on any atom is 0.206 e. The molecule has 0 saturated carbocycles. The Labute approximate surface area is 457 Å². The normalized spacial score (nSPS) is 17.0. The summed E-state index contributed by atoms with van der Waals surface area (Å²) in [5.74, 6) is 1.00. The molecule has 0 aliphatic carbocycles. The number of anilines is 8. The van der Waals surface area contributed by atoms with E-state index >= 15 is 0 Å². The van der Waals surface area contributed by atoms with Gasteiger partial charge in [0.1, 0.15) is 10.7 Å². The molecule has 0 radical (unpaired) electrons. The predicted octanol–water partition coefficient (Wildman–Crippen LogP) is 10.5. The third kappa shape index (κ3) is 17.4. The van der Waals surface area contributed by atoms with E-state index in [1.54, 1.807) is 48.5 Å². The summed E-state index contributed by atoms with van der Waals surface area (Å²) in [6.07, 6.45) is 13.3. The van der Waals surface area contributed by atoms with E-state index in [0.717, 1.165) is 55.4 Å². The Morgan fingerprint density at radius 2 is 1.19 bits per heavy atom. The molecule has 9 rings (SSSR count). The van der Waals surface area contributed by atoms with Crippen LogP contribution < -0.4 is 43.4 Å². The number of nitrogen functional groups attached to an aromatic ring is 3. The van der Waals surface area contributed by atoms with Crippen LogP contribution in [0.4, 0.5) is 45.1 Å². The number of halogens is 1. The maximum absolute atomic E-state index is 12.8. The van der Waals surface area contributed by atoms with Crippen molar-refractivity contribution in [3.05, 3.63) is 113 Å². The number of carbonyl (C=O) groups excluding carboxylic acids is 2. The summed E-state index contributed by atoms with van der Waals surface area (Å²) in [5.41, 5.74) is 29.9. The number of rotatable bonds is 12. The predicted molar refractivity (Wildman–Crippen MR) is 324 cm³/mol. The number of nitrogens with one attached hydrogen (secondary N) is 2. The van der Waals surface area contributed by atoms with Gasteiger partial charge in [0.2, 0.25) is 5.78 Å². The van der Waals surface area contributed by atoms with Gasteiger partial charge < -0.3 is 53.2 Å². The summed E-state index contributed by atoms with van der Waals surface area (Å²) < 4.78 is 0. The highest BCUT2D eigenvalue weighted by molar-refractivity contribution is 9.09. The molecular formula is C54H74BrN12O2PS3. The first-order valence-corrected chi connectivity index (χ1v) is 28.6. The second-order valence-electron chi connectivity index (χ2n) is 18.5. The number of thiazole rings is 1. The molecule has 19 heteroatoms. The number of aromatic nitrogens is 1. The van der Waals surface area contributed by atoms with Crippen LogP contribution in [0, 0.1) is 0 Å². The minimum absolute atomic E-state index is 0. The van der Waals surface area contributed by atoms with E-state index in [1.165, 1.54) is 125 Å². The van der Waals surface area contributed by atoms with Crippen LogP contribution in [-0.2, 0) is 0 Å². The number of carbonyl (C=O) groups is 2. The molecule has 5 aromatic rings. The third-order valence-electron chi connectivity index (χ3n) is 13.6. The Morgan fingerprint density at radius 1 is 0.712 bits per heavy atom. The van der Waals surface area contributed by atoms with Crippen molar-refractivity contribution in [1.82, 2.24) is 14.8 Å². The van der Waals surface area contributed by atoms with E-state index in [1.807, 2.05) is 6.92 Å². The van der Waals surface area contributed by atoms with Gasteiger partial charge in [-0.05, 0) is 168 Å². The van der Waals surface area contributed by atoms with Crippen LogP contribution in [0.15, 0.2) is 102 Å². The molecule has 392 valence electrons. The third-order valence-corrected chi connectivity index (χ3v) is 15.9. The first-order valence-electron chi connectivity index (χ1n) is 25.3. The lowest BCUT2D eigenvalue weighted by Crippen LogP contribution is -2.46. The quantitative estimate of drug-likeness (QED) is 0.0131. The number of thioether (sulfide) groups is 1. The van der Waals surface area contributed by atoms with E-state index < -0.39 is 0 Å². The Balaban J connectivity index is 0.000000199. The van der Waals surface area contributed by atoms with Crippen molar-refractivity contribution >= 4 is 128 Å². The Bertz CT molecular complexity index is 2560. The fourth-order valence-corrected chi connectivity index (χ4v) is 11.7. The van der Waals surface area contributed by atoms with Crippen LogP contribution in [-0.4, -0.2) is 112 Å².